The number of piperidine rings is 1. The predicted octanol–water partition coefficient (Wildman–Crippen LogP) is 7.03. The van der Waals surface area contributed by atoms with Gasteiger partial charge in [-0.3, -0.25) is 4.98 Å². The van der Waals surface area contributed by atoms with Crippen LogP contribution in [0.25, 0.3) is 10.9 Å². The topological polar surface area (TPSA) is 103 Å². The second-order valence-electron chi connectivity index (χ2n) is 11.8. The lowest BCUT2D eigenvalue weighted by molar-refractivity contribution is 0.0701. The molecule has 2 amide bonds. The number of hydrogen-bond donors (Lipinski definition) is 3. The molecule has 1 aliphatic heterocycles. The van der Waals surface area contributed by atoms with E-state index < -0.39 is 0 Å². The van der Waals surface area contributed by atoms with Crippen molar-refractivity contribution in [1.82, 2.24) is 15.6 Å². The predicted molar refractivity (Wildman–Crippen MR) is 167 cm³/mol. The van der Waals surface area contributed by atoms with E-state index in [2.05, 4.69) is 41.7 Å². The summed E-state index contributed by atoms with van der Waals surface area (Å²) in [7, 11) is 3.34. The minimum absolute atomic E-state index is 0.00710. The summed E-state index contributed by atoms with van der Waals surface area (Å²) < 4.78 is 23.9. The molecule has 10 heteroatoms. The third-order valence-corrected chi connectivity index (χ3v) is 7.67. The van der Waals surface area contributed by atoms with Crippen molar-refractivity contribution in [3.63, 3.8) is 0 Å². The van der Waals surface area contributed by atoms with Crippen molar-refractivity contribution in [2.45, 2.75) is 52.6 Å². The van der Waals surface area contributed by atoms with E-state index in [1.807, 2.05) is 12.1 Å². The molecule has 1 fully saturated rings. The molecule has 0 bridgehead atoms. The Kier molecular flexibility index (Phi) is 11.1. The molecular weight excluding hydrogens is 556 g/mol. The number of hydrogen-bond acceptors (Lipinski definition) is 7. The molecule has 1 atom stereocenters. The van der Waals surface area contributed by atoms with Crippen LogP contribution in [0.2, 0.25) is 5.02 Å². The lowest BCUT2D eigenvalue weighted by Gasteiger charge is -2.31. The fourth-order valence-corrected chi connectivity index (χ4v) is 5.20. The molecule has 1 saturated heterocycles. The van der Waals surface area contributed by atoms with Gasteiger partial charge in [0.2, 0.25) is 0 Å². The molecular formula is C32H43ClN4O5. The molecule has 2 aromatic carbocycles. The summed E-state index contributed by atoms with van der Waals surface area (Å²) in [5.41, 5.74) is 1.35. The first kappa shape index (κ1) is 31.7. The molecule has 4 rings (SSSR count). The fourth-order valence-electron chi connectivity index (χ4n) is 4.98. The van der Waals surface area contributed by atoms with Gasteiger partial charge in [-0.25, -0.2) is 4.79 Å². The van der Waals surface area contributed by atoms with Crippen molar-refractivity contribution in [1.29, 1.82) is 0 Å². The maximum Gasteiger partial charge on any atom is 0.319 e. The van der Waals surface area contributed by atoms with Crippen LogP contribution in [0.4, 0.5) is 10.5 Å². The molecule has 3 N–H and O–H groups in total. The average Bonchev–Trinajstić information content (AvgIpc) is 2.96. The molecule has 0 spiro atoms. The van der Waals surface area contributed by atoms with Crippen LogP contribution < -0.4 is 30.2 Å². The van der Waals surface area contributed by atoms with Gasteiger partial charge >= 0.3 is 6.03 Å². The maximum atomic E-state index is 12.3. The number of anilines is 1. The molecule has 9 nitrogen and oxygen atoms in total. The van der Waals surface area contributed by atoms with E-state index in [-0.39, 0.29) is 17.6 Å². The first-order valence-corrected chi connectivity index (χ1v) is 14.9. The first-order chi connectivity index (χ1) is 20.2. The summed E-state index contributed by atoms with van der Waals surface area (Å²) in [6.07, 6.45) is 5.48. The summed E-state index contributed by atoms with van der Waals surface area (Å²) in [6.45, 7) is 9.57. The van der Waals surface area contributed by atoms with Crippen molar-refractivity contribution >= 4 is 34.2 Å². The monoisotopic (exact) mass is 598 g/mol. The number of nitrogens with zero attached hydrogens (tertiary/aromatic N) is 1. The Morgan fingerprint density at radius 3 is 2.57 bits per heavy atom. The smallest absolute Gasteiger partial charge is 0.319 e. The Morgan fingerprint density at radius 2 is 1.88 bits per heavy atom. The van der Waals surface area contributed by atoms with Crippen LogP contribution in [-0.2, 0) is 4.74 Å². The van der Waals surface area contributed by atoms with E-state index in [0.717, 1.165) is 49.7 Å². The Hall–Kier alpha value is -3.27. The van der Waals surface area contributed by atoms with Crippen LogP contribution >= 0.6 is 11.6 Å². The van der Waals surface area contributed by atoms with Crippen LogP contribution in [0.5, 0.6) is 23.0 Å². The summed E-state index contributed by atoms with van der Waals surface area (Å²) in [6, 6.07) is 10.4. The SMILES string of the molecule is COCCC(Oc1cc2nccc(Oc3ccc(NC(=O)NCCC(C)(C)C)c(Cl)c3)c2cc1OC)C1CCNCC1. The number of ether oxygens (including phenoxy) is 4. The van der Waals surface area contributed by atoms with Gasteiger partial charge in [0, 0.05) is 50.4 Å². The number of methoxy groups -OCH3 is 2. The highest BCUT2D eigenvalue weighted by Crippen LogP contribution is 2.39. The second kappa shape index (κ2) is 14.8. The third kappa shape index (κ3) is 8.86. The van der Waals surface area contributed by atoms with Crippen molar-refractivity contribution in [2.75, 3.05) is 45.8 Å². The Balaban J connectivity index is 1.50. The highest BCUT2D eigenvalue weighted by Gasteiger charge is 2.26. The number of fused-ring (bicyclic) bond motifs is 1. The lowest BCUT2D eigenvalue weighted by Crippen LogP contribution is -2.37. The highest BCUT2D eigenvalue weighted by atomic mass is 35.5. The highest BCUT2D eigenvalue weighted by molar-refractivity contribution is 6.33. The molecule has 42 heavy (non-hydrogen) atoms. The molecule has 0 aliphatic carbocycles. The van der Waals surface area contributed by atoms with Gasteiger partial charge in [-0.05, 0) is 68.0 Å². The van der Waals surface area contributed by atoms with E-state index in [1.165, 1.54) is 0 Å². The first-order valence-electron chi connectivity index (χ1n) is 14.5. The van der Waals surface area contributed by atoms with Crippen LogP contribution in [0.15, 0.2) is 42.6 Å². The van der Waals surface area contributed by atoms with Gasteiger partial charge in [0.25, 0.3) is 0 Å². The minimum Gasteiger partial charge on any atom is -0.493 e. The maximum absolute atomic E-state index is 12.3. The number of pyridine rings is 1. The van der Waals surface area contributed by atoms with E-state index in [0.29, 0.717) is 52.8 Å². The molecule has 1 unspecified atom stereocenters. The van der Waals surface area contributed by atoms with Crippen LogP contribution in [-0.4, -0.2) is 57.6 Å². The van der Waals surface area contributed by atoms with Crippen LogP contribution in [0.3, 0.4) is 0 Å². The summed E-state index contributed by atoms with van der Waals surface area (Å²) in [5, 5.41) is 10.2. The Morgan fingerprint density at radius 1 is 1.10 bits per heavy atom. The van der Waals surface area contributed by atoms with Gasteiger partial charge in [0.05, 0.1) is 23.3 Å². The molecule has 0 radical (unpaired) electrons. The van der Waals surface area contributed by atoms with Crippen LogP contribution in [0, 0.1) is 11.3 Å². The van der Waals surface area contributed by atoms with Gasteiger partial charge in [-0.1, -0.05) is 32.4 Å². The molecule has 3 aromatic rings. The van der Waals surface area contributed by atoms with E-state index in [1.54, 1.807) is 44.7 Å². The standard InChI is InChI=1S/C32H43ClN4O5/c1-32(2,3)12-16-36-31(38)37-25-7-6-22(18-24(25)33)41-28-10-15-35-26-20-30(29(40-5)19-23(26)28)42-27(11-17-39-4)21-8-13-34-14-9-21/h6-7,10,15,18-21,27,34H,8-9,11-14,16-17H2,1-5H3,(H2,36,37,38). The van der Waals surface area contributed by atoms with Gasteiger partial charge in [0.15, 0.2) is 11.5 Å². The zero-order valence-electron chi connectivity index (χ0n) is 25.2. The van der Waals surface area contributed by atoms with Crippen molar-refractivity contribution in [2.24, 2.45) is 11.3 Å². The lowest BCUT2D eigenvalue weighted by atomic mass is 9.90. The van der Waals surface area contributed by atoms with E-state index >= 15 is 0 Å². The number of halogens is 1. The Labute approximate surface area is 253 Å². The van der Waals surface area contributed by atoms with Gasteiger partial charge in [-0.15, -0.1) is 0 Å². The van der Waals surface area contributed by atoms with Crippen LogP contribution in [0.1, 0.15) is 46.5 Å². The molecule has 228 valence electrons. The fraction of sp³-hybridized carbons (Fsp3) is 0.500. The summed E-state index contributed by atoms with van der Waals surface area (Å²) in [5.74, 6) is 2.80. The second-order valence-corrected chi connectivity index (χ2v) is 12.2. The number of amides is 2. The number of rotatable bonds is 12. The van der Waals surface area contributed by atoms with Crippen molar-refractivity contribution < 1.29 is 23.7 Å². The molecule has 0 saturated carbocycles. The average molecular weight is 599 g/mol. The molecule has 1 aromatic heterocycles. The number of carbonyl (C=O) groups excluding carboxylic acids is 1. The van der Waals surface area contributed by atoms with Gasteiger partial charge in [0.1, 0.15) is 17.6 Å². The number of nitrogens with one attached hydrogen (secondary N) is 3. The van der Waals surface area contributed by atoms with E-state index in [4.69, 9.17) is 30.5 Å². The Bertz CT molecular complexity index is 1340. The zero-order valence-corrected chi connectivity index (χ0v) is 26.0. The number of carbonyl (C=O) groups is 1. The largest absolute Gasteiger partial charge is 0.493 e. The van der Waals surface area contributed by atoms with Gasteiger partial charge < -0.3 is 34.9 Å². The summed E-state index contributed by atoms with van der Waals surface area (Å²) >= 11 is 6.50. The number of benzene rings is 2. The van der Waals surface area contributed by atoms with Crippen molar-refractivity contribution in [3.05, 3.63) is 47.6 Å². The molecule has 2 heterocycles. The van der Waals surface area contributed by atoms with Crippen molar-refractivity contribution in [3.8, 4) is 23.0 Å². The quantitative estimate of drug-likeness (QED) is 0.206. The van der Waals surface area contributed by atoms with E-state index in [9.17, 15) is 4.79 Å². The minimum atomic E-state index is -0.301. The normalized spacial score (nSPS) is 14.8. The third-order valence-electron chi connectivity index (χ3n) is 7.36. The summed E-state index contributed by atoms with van der Waals surface area (Å²) in [4.78, 5) is 16.9. The molecule has 1 aliphatic rings. The van der Waals surface area contributed by atoms with Gasteiger partial charge in [-0.2, -0.15) is 0 Å². The zero-order chi connectivity index (χ0) is 30.1. The number of urea groups is 1. The number of aromatic nitrogens is 1.